The molecule has 1 fully saturated rings. The van der Waals surface area contributed by atoms with Crippen molar-refractivity contribution in [3.63, 3.8) is 0 Å². The van der Waals surface area contributed by atoms with Crippen LogP contribution in [0.1, 0.15) is 17.3 Å². The van der Waals surface area contributed by atoms with Gasteiger partial charge in [-0.3, -0.25) is 9.69 Å². The van der Waals surface area contributed by atoms with Crippen LogP contribution < -0.4 is 5.43 Å². The highest BCUT2D eigenvalue weighted by molar-refractivity contribution is 5.33. The molecule has 2 heterocycles. The Labute approximate surface area is 119 Å². The monoisotopic (exact) mass is 306 g/mol. The molecular weight excluding hydrogens is 289 g/mol. The van der Waals surface area contributed by atoms with Gasteiger partial charge in [0.15, 0.2) is 5.75 Å². The maximum absolute atomic E-state index is 13.4. The Hall–Kier alpha value is -1.54. The Balaban J connectivity index is 2.54. The number of pyridine rings is 1. The Kier molecular flexibility index (Phi) is 4.29. The molecule has 118 valence electrons. The molecule has 1 atom stereocenters. The zero-order valence-corrected chi connectivity index (χ0v) is 11.8. The summed E-state index contributed by atoms with van der Waals surface area (Å²) in [5.41, 5.74) is -1.21. The normalized spacial score (nSPS) is 18.7. The number of aromatic nitrogens is 1. The van der Waals surface area contributed by atoms with Crippen LogP contribution in [0.5, 0.6) is 5.75 Å². The molecule has 21 heavy (non-hydrogen) atoms. The second-order valence-electron chi connectivity index (χ2n) is 5.05. The first-order chi connectivity index (χ1) is 9.73. The molecule has 1 aliphatic heterocycles. The van der Waals surface area contributed by atoms with E-state index in [0.717, 1.165) is 11.1 Å². The summed E-state index contributed by atoms with van der Waals surface area (Å²) >= 11 is 0. The third kappa shape index (κ3) is 3.06. The largest absolute Gasteiger partial charge is 0.503 e. The SMILES string of the molecule is Cc1c(O)c(=O)c(C(N2CCOCC2)C(F)(F)F)cn1C. The quantitative estimate of drug-likeness (QED) is 0.896. The van der Waals surface area contributed by atoms with Crippen molar-refractivity contribution < 1.29 is 23.0 Å². The van der Waals surface area contributed by atoms with Crippen molar-refractivity contribution in [1.29, 1.82) is 0 Å². The van der Waals surface area contributed by atoms with Crippen LogP contribution >= 0.6 is 0 Å². The summed E-state index contributed by atoms with van der Waals surface area (Å²) in [7, 11) is 1.49. The van der Waals surface area contributed by atoms with Crippen LogP contribution in [0, 0.1) is 6.92 Å². The highest BCUT2D eigenvalue weighted by Gasteiger charge is 2.46. The van der Waals surface area contributed by atoms with Gasteiger partial charge in [0.2, 0.25) is 5.43 Å². The molecule has 0 saturated carbocycles. The summed E-state index contributed by atoms with van der Waals surface area (Å²) in [4.78, 5) is 13.2. The van der Waals surface area contributed by atoms with Crippen LogP contribution in [0.3, 0.4) is 0 Å². The number of rotatable bonds is 2. The molecule has 1 aromatic heterocycles. The molecule has 2 rings (SSSR count). The number of aromatic hydroxyl groups is 1. The standard InChI is InChI=1S/C13H17F3N2O3/c1-8-10(19)11(20)9(7-17(8)2)12(13(14,15)16)18-3-5-21-6-4-18/h7,12,19H,3-6H2,1-2H3. The van der Waals surface area contributed by atoms with Crippen molar-refractivity contribution >= 4 is 0 Å². The van der Waals surface area contributed by atoms with E-state index in [1.165, 1.54) is 18.5 Å². The molecule has 1 unspecified atom stereocenters. The molecule has 0 radical (unpaired) electrons. The number of halogens is 3. The summed E-state index contributed by atoms with van der Waals surface area (Å²) in [6.45, 7) is 2.01. The van der Waals surface area contributed by atoms with Crippen molar-refractivity contribution in [1.82, 2.24) is 9.47 Å². The third-order valence-electron chi connectivity index (χ3n) is 3.70. The van der Waals surface area contributed by atoms with Crippen molar-refractivity contribution in [3.05, 3.63) is 27.7 Å². The van der Waals surface area contributed by atoms with E-state index in [1.807, 2.05) is 0 Å². The molecule has 5 nitrogen and oxygen atoms in total. The second-order valence-corrected chi connectivity index (χ2v) is 5.05. The molecule has 1 N–H and O–H groups in total. The average molecular weight is 306 g/mol. The van der Waals surface area contributed by atoms with Gasteiger partial charge in [0.1, 0.15) is 6.04 Å². The lowest BCUT2D eigenvalue weighted by Gasteiger charge is -2.35. The van der Waals surface area contributed by atoms with Crippen molar-refractivity contribution in [3.8, 4) is 5.75 Å². The molecule has 0 spiro atoms. The van der Waals surface area contributed by atoms with Crippen LogP contribution in [0.15, 0.2) is 11.0 Å². The molecule has 1 aliphatic rings. The summed E-state index contributed by atoms with van der Waals surface area (Å²) in [5, 5.41) is 9.74. The van der Waals surface area contributed by atoms with Crippen molar-refractivity contribution in [2.45, 2.75) is 19.1 Å². The fourth-order valence-corrected chi connectivity index (χ4v) is 2.44. The number of hydrogen-bond donors (Lipinski definition) is 1. The number of ether oxygens (including phenoxy) is 1. The lowest BCUT2D eigenvalue weighted by molar-refractivity contribution is -0.195. The van der Waals surface area contributed by atoms with E-state index in [-0.39, 0.29) is 32.0 Å². The second kappa shape index (κ2) is 5.69. The predicted octanol–water partition coefficient (Wildman–Crippen LogP) is 1.33. The lowest BCUT2D eigenvalue weighted by Crippen LogP contribution is -2.46. The van der Waals surface area contributed by atoms with E-state index in [0.29, 0.717) is 0 Å². The molecule has 0 aromatic carbocycles. The molecule has 0 bridgehead atoms. The maximum Gasteiger partial charge on any atom is 0.408 e. The topological polar surface area (TPSA) is 54.7 Å². The van der Waals surface area contributed by atoms with Crippen LogP contribution in [0.2, 0.25) is 0 Å². The van der Waals surface area contributed by atoms with Gasteiger partial charge in [-0.25, -0.2) is 0 Å². The summed E-state index contributed by atoms with van der Waals surface area (Å²) in [5.74, 6) is -0.641. The number of aryl methyl sites for hydroxylation is 1. The predicted molar refractivity (Wildman–Crippen MR) is 69.3 cm³/mol. The highest BCUT2D eigenvalue weighted by Crippen LogP contribution is 2.37. The molecule has 0 amide bonds. The van der Waals surface area contributed by atoms with E-state index in [9.17, 15) is 23.1 Å². The summed E-state index contributed by atoms with van der Waals surface area (Å²) in [6, 6.07) is -2.04. The number of alkyl halides is 3. The minimum absolute atomic E-state index is 0.0853. The van der Waals surface area contributed by atoms with Gasteiger partial charge in [0.25, 0.3) is 0 Å². The Morgan fingerprint density at radius 2 is 1.90 bits per heavy atom. The van der Waals surface area contributed by atoms with E-state index in [1.54, 1.807) is 0 Å². The fraction of sp³-hybridized carbons (Fsp3) is 0.615. The first-order valence-corrected chi connectivity index (χ1v) is 6.51. The first kappa shape index (κ1) is 15.8. The smallest absolute Gasteiger partial charge is 0.408 e. The molecule has 1 saturated heterocycles. The van der Waals surface area contributed by atoms with E-state index < -0.39 is 29.0 Å². The molecule has 1 aromatic rings. The Morgan fingerprint density at radius 1 is 1.33 bits per heavy atom. The summed E-state index contributed by atoms with van der Waals surface area (Å²) in [6.07, 6.45) is -3.46. The van der Waals surface area contributed by atoms with E-state index >= 15 is 0 Å². The fourth-order valence-electron chi connectivity index (χ4n) is 2.44. The molecular formula is C13H17F3N2O3. The zero-order valence-electron chi connectivity index (χ0n) is 11.8. The van der Waals surface area contributed by atoms with Gasteiger partial charge in [-0.2, -0.15) is 13.2 Å². The van der Waals surface area contributed by atoms with Crippen LogP contribution in [-0.2, 0) is 11.8 Å². The maximum atomic E-state index is 13.4. The number of morpholine rings is 1. The lowest BCUT2D eigenvalue weighted by atomic mass is 10.0. The summed E-state index contributed by atoms with van der Waals surface area (Å²) < 4.78 is 46.6. The highest BCUT2D eigenvalue weighted by atomic mass is 19.4. The van der Waals surface area contributed by atoms with E-state index in [4.69, 9.17) is 4.74 Å². The van der Waals surface area contributed by atoms with Gasteiger partial charge in [-0.1, -0.05) is 0 Å². The van der Waals surface area contributed by atoms with Gasteiger partial charge in [-0.15, -0.1) is 0 Å². The third-order valence-corrected chi connectivity index (χ3v) is 3.70. The average Bonchev–Trinajstić information content (AvgIpc) is 2.42. The molecule has 8 heteroatoms. The van der Waals surface area contributed by atoms with Gasteiger partial charge >= 0.3 is 6.18 Å². The van der Waals surface area contributed by atoms with Crippen LogP contribution in [-0.4, -0.2) is 47.1 Å². The van der Waals surface area contributed by atoms with Gasteiger partial charge < -0.3 is 14.4 Å². The van der Waals surface area contributed by atoms with Gasteiger partial charge in [0, 0.05) is 31.9 Å². The van der Waals surface area contributed by atoms with Crippen LogP contribution in [0.4, 0.5) is 13.2 Å². The van der Waals surface area contributed by atoms with Crippen molar-refractivity contribution in [2.75, 3.05) is 26.3 Å². The number of nitrogens with zero attached hydrogens (tertiary/aromatic N) is 2. The Bertz CT molecular complexity index is 577. The van der Waals surface area contributed by atoms with Crippen LogP contribution in [0.25, 0.3) is 0 Å². The zero-order chi connectivity index (χ0) is 15.8. The van der Waals surface area contributed by atoms with Gasteiger partial charge in [0.05, 0.1) is 18.9 Å². The molecule has 0 aliphatic carbocycles. The Morgan fingerprint density at radius 3 is 2.43 bits per heavy atom. The van der Waals surface area contributed by atoms with Gasteiger partial charge in [-0.05, 0) is 6.92 Å². The minimum atomic E-state index is -4.61. The van der Waals surface area contributed by atoms with Crippen molar-refractivity contribution in [2.24, 2.45) is 7.05 Å². The van der Waals surface area contributed by atoms with E-state index in [2.05, 4.69) is 0 Å². The minimum Gasteiger partial charge on any atom is -0.503 e. The number of hydrogen-bond acceptors (Lipinski definition) is 4. The first-order valence-electron chi connectivity index (χ1n) is 6.51.